The van der Waals surface area contributed by atoms with Gasteiger partial charge < -0.3 is 13.8 Å². The molecule has 0 bridgehead atoms. The van der Waals surface area contributed by atoms with Crippen LogP contribution in [0.2, 0.25) is 0 Å². The molecule has 27 heavy (non-hydrogen) atoms. The summed E-state index contributed by atoms with van der Waals surface area (Å²) in [6, 6.07) is 22.0. The third kappa shape index (κ3) is 2.25. The third-order valence-electron chi connectivity index (χ3n) is 4.80. The number of oxazole rings is 1. The molecular weight excluding hydrogens is 338 g/mol. The molecule has 5 heteroatoms. The Hall–Kier alpha value is -3.86. The zero-order chi connectivity index (χ0) is 17.8. The molecule has 6 rings (SSSR count). The van der Waals surface area contributed by atoms with E-state index in [4.69, 9.17) is 13.8 Å². The van der Waals surface area contributed by atoms with Gasteiger partial charge in [0.1, 0.15) is 22.7 Å². The van der Waals surface area contributed by atoms with E-state index in [2.05, 4.69) is 28.2 Å². The first-order valence-electron chi connectivity index (χ1n) is 8.66. The Balaban J connectivity index is 1.46. The molecule has 6 aromatic rings. The molecular formula is C22H13N3O2. The summed E-state index contributed by atoms with van der Waals surface area (Å²) in [6.45, 7) is 0. The Morgan fingerprint density at radius 2 is 1.70 bits per heavy atom. The van der Waals surface area contributed by atoms with Crippen LogP contribution in [-0.2, 0) is 0 Å². The maximum Gasteiger partial charge on any atom is 0.181 e. The highest BCUT2D eigenvalue weighted by atomic mass is 16.3. The van der Waals surface area contributed by atoms with Crippen molar-refractivity contribution in [3.63, 3.8) is 0 Å². The number of imidazole rings is 1. The Labute approximate surface area is 153 Å². The van der Waals surface area contributed by atoms with Crippen molar-refractivity contribution in [1.82, 2.24) is 15.0 Å². The van der Waals surface area contributed by atoms with Crippen molar-refractivity contribution in [3.05, 3.63) is 73.1 Å². The summed E-state index contributed by atoms with van der Waals surface area (Å²) in [5.41, 5.74) is 6.32. The van der Waals surface area contributed by atoms with Crippen molar-refractivity contribution in [2.24, 2.45) is 0 Å². The minimum atomic E-state index is 0.766. The summed E-state index contributed by atoms with van der Waals surface area (Å²) < 4.78 is 11.3. The van der Waals surface area contributed by atoms with Crippen LogP contribution >= 0.6 is 0 Å². The Morgan fingerprint density at radius 3 is 2.67 bits per heavy atom. The maximum absolute atomic E-state index is 5.98. The quantitative estimate of drug-likeness (QED) is 0.429. The van der Waals surface area contributed by atoms with E-state index < -0.39 is 0 Å². The number of fused-ring (bicyclic) bond motifs is 3. The molecule has 128 valence electrons. The Kier molecular flexibility index (Phi) is 2.82. The van der Waals surface area contributed by atoms with Gasteiger partial charge in [-0.25, -0.2) is 9.97 Å². The summed E-state index contributed by atoms with van der Waals surface area (Å²) in [7, 11) is 0. The second-order valence-corrected chi connectivity index (χ2v) is 6.50. The highest BCUT2D eigenvalue weighted by Crippen LogP contribution is 2.30. The molecule has 0 aliphatic carbocycles. The molecule has 3 heterocycles. The first-order valence-corrected chi connectivity index (χ1v) is 8.66. The second kappa shape index (κ2) is 5.32. The zero-order valence-electron chi connectivity index (χ0n) is 14.1. The number of nitrogens with one attached hydrogen (secondary N) is 1. The second-order valence-electron chi connectivity index (χ2n) is 6.50. The fourth-order valence-electron chi connectivity index (χ4n) is 3.43. The van der Waals surface area contributed by atoms with Crippen LogP contribution in [0.25, 0.3) is 55.8 Å². The Morgan fingerprint density at radius 1 is 0.778 bits per heavy atom. The molecule has 5 nitrogen and oxygen atoms in total. The number of aromatic nitrogens is 3. The van der Waals surface area contributed by atoms with Gasteiger partial charge in [-0.1, -0.05) is 18.2 Å². The maximum atomic E-state index is 5.98. The molecule has 0 saturated carbocycles. The van der Waals surface area contributed by atoms with Gasteiger partial charge in [0.25, 0.3) is 0 Å². The number of rotatable bonds is 2. The number of para-hydroxylation sites is 1. The summed E-state index contributed by atoms with van der Waals surface area (Å²) in [5, 5.41) is 1.10. The lowest BCUT2D eigenvalue weighted by atomic mass is 10.1. The summed E-state index contributed by atoms with van der Waals surface area (Å²) in [4.78, 5) is 12.3. The van der Waals surface area contributed by atoms with E-state index in [1.54, 1.807) is 0 Å². The number of benzene rings is 3. The number of hydrogen-bond acceptors (Lipinski definition) is 4. The number of H-pyrrole nitrogens is 1. The predicted octanol–water partition coefficient (Wildman–Crippen LogP) is 5.78. The van der Waals surface area contributed by atoms with Crippen molar-refractivity contribution < 1.29 is 8.83 Å². The van der Waals surface area contributed by atoms with Crippen molar-refractivity contribution in [1.29, 1.82) is 0 Å². The summed E-state index contributed by atoms with van der Waals surface area (Å²) >= 11 is 0. The van der Waals surface area contributed by atoms with Gasteiger partial charge in [0.05, 0.1) is 11.0 Å². The third-order valence-corrected chi connectivity index (χ3v) is 4.80. The number of hydrogen-bond donors (Lipinski definition) is 1. The molecule has 0 fully saturated rings. The lowest BCUT2D eigenvalue weighted by Gasteiger charge is -1.96. The van der Waals surface area contributed by atoms with Gasteiger partial charge >= 0.3 is 0 Å². The van der Waals surface area contributed by atoms with E-state index in [-0.39, 0.29) is 0 Å². The molecule has 0 atom stereocenters. The molecule has 0 aliphatic heterocycles. The van der Waals surface area contributed by atoms with Gasteiger partial charge in [-0.3, -0.25) is 0 Å². The van der Waals surface area contributed by atoms with E-state index in [1.807, 2.05) is 48.5 Å². The normalized spacial score (nSPS) is 11.7. The van der Waals surface area contributed by atoms with Gasteiger partial charge in [-0.05, 0) is 48.5 Å². The molecule has 3 aromatic carbocycles. The van der Waals surface area contributed by atoms with E-state index in [0.29, 0.717) is 0 Å². The smallest absolute Gasteiger partial charge is 0.181 e. The summed E-state index contributed by atoms with van der Waals surface area (Å²) in [6.07, 6.45) is 1.45. The largest absolute Gasteiger partial charge is 0.456 e. The van der Waals surface area contributed by atoms with Crippen molar-refractivity contribution in [2.75, 3.05) is 0 Å². The number of furan rings is 1. The van der Waals surface area contributed by atoms with Crippen LogP contribution in [0.5, 0.6) is 0 Å². The fraction of sp³-hybridized carbons (Fsp3) is 0. The van der Waals surface area contributed by atoms with Crippen LogP contribution in [0.4, 0.5) is 0 Å². The SMILES string of the molecule is c1ccc2oc(-c3ccc4nc(-c5ccc6ocnc6c5)[nH]c4c3)cc2c1. The average Bonchev–Trinajstić information content (AvgIpc) is 3.42. The van der Waals surface area contributed by atoms with Gasteiger partial charge in [0.2, 0.25) is 0 Å². The van der Waals surface area contributed by atoms with Crippen LogP contribution < -0.4 is 0 Å². The molecule has 0 amide bonds. The molecule has 1 N–H and O–H groups in total. The Bertz CT molecular complexity index is 1410. The van der Waals surface area contributed by atoms with Crippen LogP contribution in [-0.4, -0.2) is 15.0 Å². The van der Waals surface area contributed by atoms with Crippen molar-refractivity contribution in [3.8, 4) is 22.7 Å². The minimum Gasteiger partial charge on any atom is -0.456 e. The first-order chi connectivity index (χ1) is 13.3. The average molecular weight is 351 g/mol. The van der Waals surface area contributed by atoms with Gasteiger partial charge in [-0.2, -0.15) is 0 Å². The number of aromatic amines is 1. The van der Waals surface area contributed by atoms with Crippen molar-refractivity contribution in [2.45, 2.75) is 0 Å². The molecule has 0 aliphatic rings. The summed E-state index contributed by atoms with van der Waals surface area (Å²) in [5.74, 6) is 1.65. The van der Waals surface area contributed by atoms with Crippen LogP contribution in [0.15, 0.2) is 82.0 Å². The zero-order valence-corrected chi connectivity index (χ0v) is 14.1. The molecule has 0 spiro atoms. The van der Waals surface area contributed by atoms with Gasteiger partial charge in [0, 0.05) is 16.5 Å². The molecule has 0 radical (unpaired) electrons. The van der Waals surface area contributed by atoms with Crippen molar-refractivity contribution >= 4 is 33.1 Å². The standard InChI is InChI=1S/C22H13N3O2/c1-2-4-19-13(3-1)11-21(27-19)14-5-7-16-17(9-14)25-22(24-16)15-6-8-20-18(10-15)23-12-26-20/h1-12H,(H,24,25). The highest BCUT2D eigenvalue weighted by Gasteiger charge is 2.11. The molecule has 0 saturated heterocycles. The lowest BCUT2D eigenvalue weighted by Crippen LogP contribution is -1.80. The number of nitrogens with zero attached hydrogens (tertiary/aromatic N) is 2. The van der Waals surface area contributed by atoms with E-state index >= 15 is 0 Å². The molecule has 0 unspecified atom stereocenters. The van der Waals surface area contributed by atoms with Crippen LogP contribution in [0, 0.1) is 0 Å². The lowest BCUT2D eigenvalue weighted by molar-refractivity contribution is 0.602. The van der Waals surface area contributed by atoms with E-state index in [0.717, 1.165) is 55.8 Å². The minimum absolute atomic E-state index is 0.766. The van der Waals surface area contributed by atoms with E-state index in [1.165, 1.54) is 6.39 Å². The van der Waals surface area contributed by atoms with Crippen LogP contribution in [0.3, 0.4) is 0 Å². The molecule has 3 aromatic heterocycles. The highest BCUT2D eigenvalue weighted by molar-refractivity contribution is 5.88. The monoisotopic (exact) mass is 351 g/mol. The first kappa shape index (κ1) is 14.3. The van der Waals surface area contributed by atoms with E-state index in [9.17, 15) is 0 Å². The fourth-order valence-corrected chi connectivity index (χ4v) is 3.43. The van der Waals surface area contributed by atoms with Gasteiger partial charge in [-0.15, -0.1) is 0 Å². The predicted molar refractivity (Wildman–Crippen MR) is 104 cm³/mol. The van der Waals surface area contributed by atoms with Crippen LogP contribution in [0.1, 0.15) is 0 Å². The topological polar surface area (TPSA) is 67.8 Å². The van der Waals surface area contributed by atoms with Gasteiger partial charge in [0.15, 0.2) is 12.0 Å².